The Morgan fingerprint density at radius 3 is 1.57 bits per heavy atom. The van der Waals surface area contributed by atoms with E-state index in [1.54, 1.807) is 0 Å². The monoisotopic (exact) mass is 433 g/mol. The minimum atomic E-state index is -1.71. The molecule has 30 heavy (non-hydrogen) atoms. The first-order valence-corrected chi connectivity index (χ1v) is 8.98. The molecule has 10 N–H and O–H groups in total. The van der Waals surface area contributed by atoms with Gasteiger partial charge in [-0.3, -0.25) is 24.0 Å². The van der Waals surface area contributed by atoms with Crippen LogP contribution in [0, 0.1) is 0 Å². The highest BCUT2D eigenvalue weighted by atomic mass is 16.4. The molecule has 0 rings (SSSR count). The molecule has 3 unspecified atom stereocenters. The van der Waals surface area contributed by atoms with Gasteiger partial charge in [0, 0.05) is 0 Å². The van der Waals surface area contributed by atoms with E-state index < -0.39 is 73.1 Å². The lowest BCUT2D eigenvalue weighted by Gasteiger charge is -2.23. The molecule has 0 aliphatic rings. The first kappa shape index (κ1) is 26.7. The Morgan fingerprint density at radius 1 is 0.700 bits per heavy atom. The fourth-order valence-electron chi connectivity index (χ4n) is 2.32. The maximum Gasteiger partial charge on any atom is 0.326 e. The van der Waals surface area contributed by atoms with Crippen LogP contribution in [0.2, 0.25) is 0 Å². The normalized spacial score (nSPS) is 13.4. The van der Waals surface area contributed by atoms with Crippen LogP contribution >= 0.6 is 0 Å². The minimum Gasteiger partial charge on any atom is -0.481 e. The van der Waals surface area contributed by atoms with Gasteiger partial charge in [-0.25, -0.2) is 4.79 Å². The molecule has 0 saturated heterocycles. The summed E-state index contributed by atoms with van der Waals surface area (Å²) in [6, 6.07) is -4.68. The number of carbonyl (C=O) groups is 6. The lowest BCUT2D eigenvalue weighted by atomic mass is 10.1. The van der Waals surface area contributed by atoms with Gasteiger partial charge in [-0.2, -0.15) is 0 Å². The quantitative estimate of drug-likeness (QED) is 0.118. The Balaban J connectivity index is 5.34. The number of hydrogen-bond donors (Lipinski definition) is 8. The van der Waals surface area contributed by atoms with Crippen LogP contribution < -0.4 is 27.4 Å². The number of carboxylic acid groups (broad SMARTS) is 3. The van der Waals surface area contributed by atoms with E-state index in [2.05, 4.69) is 5.32 Å². The van der Waals surface area contributed by atoms with Gasteiger partial charge in [0.2, 0.25) is 17.7 Å². The van der Waals surface area contributed by atoms with Crippen molar-refractivity contribution in [1.82, 2.24) is 16.0 Å². The minimum absolute atomic E-state index is 0.0280. The fraction of sp³-hybridized carbons (Fsp3) is 0.625. The van der Waals surface area contributed by atoms with Crippen LogP contribution in [-0.4, -0.2) is 82.2 Å². The van der Waals surface area contributed by atoms with Crippen LogP contribution in [0.1, 0.15) is 32.1 Å². The molecule has 0 aromatic heterocycles. The van der Waals surface area contributed by atoms with Gasteiger partial charge in [0.1, 0.15) is 18.1 Å². The molecule has 170 valence electrons. The van der Waals surface area contributed by atoms with Crippen LogP contribution in [0.25, 0.3) is 0 Å². The third kappa shape index (κ3) is 10.9. The van der Waals surface area contributed by atoms with Gasteiger partial charge in [0.05, 0.1) is 19.4 Å². The van der Waals surface area contributed by atoms with E-state index in [-0.39, 0.29) is 6.42 Å². The van der Waals surface area contributed by atoms with Gasteiger partial charge < -0.3 is 42.7 Å². The number of unbranched alkanes of at least 4 members (excludes halogenated alkanes) is 1. The lowest BCUT2D eigenvalue weighted by molar-refractivity contribution is -0.145. The Bertz CT molecular complexity index is 655. The topological polar surface area (TPSA) is 251 Å². The second-order valence-corrected chi connectivity index (χ2v) is 6.26. The molecular weight excluding hydrogens is 406 g/mol. The molecule has 0 fully saturated rings. The van der Waals surface area contributed by atoms with Crippen molar-refractivity contribution < 1.29 is 44.1 Å². The molecular formula is C16H27N5O9. The maximum atomic E-state index is 12.4. The standard InChI is InChI=1S/C16H27N5O9/c17-4-2-1-3-8(16(29)30)20-15(28)10(6-13(25)26)21-14(27)9(5-12(23)24)19-11(22)7-18/h8-10H,1-7,17-18H2,(H,19,22)(H,20,28)(H,21,27)(H,23,24)(H,25,26)(H,29,30). The summed E-state index contributed by atoms with van der Waals surface area (Å²) in [7, 11) is 0. The molecule has 0 saturated carbocycles. The number of rotatable bonds is 15. The molecule has 0 aliphatic carbocycles. The van der Waals surface area contributed by atoms with Crippen molar-refractivity contribution in [2.45, 2.75) is 50.2 Å². The zero-order chi connectivity index (χ0) is 23.3. The molecule has 0 heterocycles. The summed E-state index contributed by atoms with van der Waals surface area (Å²) in [4.78, 5) is 69.4. The van der Waals surface area contributed by atoms with Gasteiger partial charge in [-0.05, 0) is 25.8 Å². The summed E-state index contributed by atoms with van der Waals surface area (Å²) in [6.45, 7) is -0.219. The fourth-order valence-corrected chi connectivity index (χ4v) is 2.32. The molecule has 14 nitrogen and oxygen atoms in total. The van der Waals surface area contributed by atoms with E-state index in [1.165, 1.54) is 0 Å². The highest BCUT2D eigenvalue weighted by molar-refractivity contribution is 5.96. The zero-order valence-corrected chi connectivity index (χ0v) is 16.1. The van der Waals surface area contributed by atoms with Crippen molar-refractivity contribution in [1.29, 1.82) is 0 Å². The molecule has 3 atom stereocenters. The van der Waals surface area contributed by atoms with E-state index in [0.29, 0.717) is 19.4 Å². The Labute approximate surface area is 171 Å². The van der Waals surface area contributed by atoms with Crippen LogP contribution in [0.15, 0.2) is 0 Å². The lowest BCUT2D eigenvalue weighted by Crippen LogP contribution is -2.57. The van der Waals surface area contributed by atoms with Crippen LogP contribution in [0.5, 0.6) is 0 Å². The van der Waals surface area contributed by atoms with Gasteiger partial charge in [-0.1, -0.05) is 0 Å². The van der Waals surface area contributed by atoms with Crippen molar-refractivity contribution in [3.8, 4) is 0 Å². The summed E-state index contributed by atoms with van der Waals surface area (Å²) in [6.07, 6.45) is -0.838. The number of amides is 3. The molecule has 14 heteroatoms. The van der Waals surface area contributed by atoms with Crippen molar-refractivity contribution in [3.05, 3.63) is 0 Å². The number of aliphatic carboxylic acids is 3. The average molecular weight is 433 g/mol. The molecule has 0 radical (unpaired) electrons. The highest BCUT2D eigenvalue weighted by Crippen LogP contribution is 2.04. The zero-order valence-electron chi connectivity index (χ0n) is 16.1. The largest absolute Gasteiger partial charge is 0.481 e. The van der Waals surface area contributed by atoms with E-state index in [1.807, 2.05) is 10.6 Å². The number of carboxylic acids is 3. The third-order valence-corrected chi connectivity index (χ3v) is 3.79. The third-order valence-electron chi connectivity index (χ3n) is 3.79. The van der Waals surface area contributed by atoms with Crippen molar-refractivity contribution in [2.75, 3.05) is 13.1 Å². The molecule has 0 aliphatic heterocycles. The van der Waals surface area contributed by atoms with E-state index in [4.69, 9.17) is 21.7 Å². The van der Waals surface area contributed by atoms with E-state index in [9.17, 15) is 33.9 Å². The number of hydrogen-bond acceptors (Lipinski definition) is 8. The van der Waals surface area contributed by atoms with Gasteiger partial charge in [0.15, 0.2) is 0 Å². The first-order valence-electron chi connectivity index (χ1n) is 8.98. The second kappa shape index (κ2) is 13.8. The predicted octanol–water partition coefficient (Wildman–Crippen LogP) is -3.44. The summed E-state index contributed by atoms with van der Waals surface area (Å²) in [5.74, 6) is -7.37. The molecule has 3 amide bonds. The number of nitrogens with one attached hydrogen (secondary N) is 3. The Morgan fingerprint density at radius 2 is 1.17 bits per heavy atom. The van der Waals surface area contributed by atoms with E-state index >= 15 is 0 Å². The Kier molecular flexibility index (Phi) is 12.3. The van der Waals surface area contributed by atoms with Crippen LogP contribution in [0.4, 0.5) is 0 Å². The van der Waals surface area contributed by atoms with Crippen LogP contribution in [0.3, 0.4) is 0 Å². The smallest absolute Gasteiger partial charge is 0.326 e. The predicted molar refractivity (Wildman–Crippen MR) is 99.9 cm³/mol. The molecule has 0 aromatic carbocycles. The summed E-state index contributed by atoms with van der Waals surface area (Å²) in [5.41, 5.74) is 10.4. The number of nitrogens with two attached hydrogens (primary N) is 2. The SMILES string of the molecule is NCCCCC(NC(=O)C(CC(=O)O)NC(=O)C(CC(=O)O)NC(=O)CN)C(=O)O. The summed E-state index contributed by atoms with van der Waals surface area (Å²) >= 11 is 0. The highest BCUT2D eigenvalue weighted by Gasteiger charge is 2.31. The maximum absolute atomic E-state index is 12.4. The van der Waals surface area contributed by atoms with Crippen molar-refractivity contribution in [3.63, 3.8) is 0 Å². The molecule has 0 bridgehead atoms. The van der Waals surface area contributed by atoms with Gasteiger partial charge >= 0.3 is 17.9 Å². The first-order chi connectivity index (χ1) is 14.0. The number of carbonyl (C=O) groups excluding carboxylic acids is 3. The summed E-state index contributed by atoms with van der Waals surface area (Å²) in [5, 5.41) is 33.3. The van der Waals surface area contributed by atoms with Gasteiger partial charge in [-0.15, -0.1) is 0 Å². The van der Waals surface area contributed by atoms with Gasteiger partial charge in [0.25, 0.3) is 0 Å². The Hall–Kier alpha value is -3.26. The molecule has 0 aromatic rings. The van der Waals surface area contributed by atoms with Crippen molar-refractivity contribution >= 4 is 35.6 Å². The van der Waals surface area contributed by atoms with E-state index in [0.717, 1.165) is 0 Å². The summed E-state index contributed by atoms with van der Waals surface area (Å²) < 4.78 is 0. The average Bonchev–Trinajstić information content (AvgIpc) is 2.64. The van der Waals surface area contributed by atoms with Crippen molar-refractivity contribution in [2.24, 2.45) is 11.5 Å². The van der Waals surface area contributed by atoms with Crippen LogP contribution in [-0.2, 0) is 28.8 Å². The second-order valence-electron chi connectivity index (χ2n) is 6.26. The molecule has 0 spiro atoms.